The quantitative estimate of drug-likeness (QED) is 0.0320. The lowest BCUT2D eigenvalue weighted by molar-refractivity contribution is -0.143. The van der Waals surface area contributed by atoms with Crippen molar-refractivity contribution >= 4 is 11.9 Å². The number of amides is 1. The molecule has 0 rings (SSSR count). The second kappa shape index (κ2) is 81.5. The van der Waals surface area contributed by atoms with Crippen LogP contribution in [0.3, 0.4) is 0 Å². The lowest BCUT2D eigenvalue weighted by Crippen LogP contribution is -2.45. The van der Waals surface area contributed by atoms with Gasteiger partial charge in [-0.3, -0.25) is 9.59 Å². The maximum atomic E-state index is 12.6. The molecule has 0 heterocycles. The second-order valence-electron chi connectivity index (χ2n) is 29.2. The van der Waals surface area contributed by atoms with Crippen LogP contribution < -0.4 is 5.32 Å². The molecule has 6 heteroatoms. The molecule has 544 valence electrons. The summed E-state index contributed by atoms with van der Waals surface area (Å²) in [4.78, 5) is 24.7. The van der Waals surface area contributed by atoms with E-state index in [1.807, 2.05) is 6.08 Å². The summed E-state index contributed by atoms with van der Waals surface area (Å²) >= 11 is 0. The van der Waals surface area contributed by atoms with Gasteiger partial charge in [-0.25, -0.2) is 0 Å². The first-order chi connectivity index (χ1) is 45.5. The van der Waals surface area contributed by atoms with E-state index >= 15 is 0 Å². The molecule has 3 N–H and O–H groups in total. The van der Waals surface area contributed by atoms with Gasteiger partial charge in [0.25, 0.3) is 0 Å². The zero-order valence-corrected chi connectivity index (χ0v) is 62.6. The summed E-state index contributed by atoms with van der Waals surface area (Å²) in [5.74, 6) is -0.0439. The molecule has 92 heavy (non-hydrogen) atoms. The van der Waals surface area contributed by atoms with E-state index in [-0.39, 0.29) is 18.5 Å². The summed E-state index contributed by atoms with van der Waals surface area (Å²) in [6, 6.07) is -0.628. The Hall–Kier alpha value is -1.92. The third-order valence-corrected chi connectivity index (χ3v) is 19.9. The van der Waals surface area contributed by atoms with Crippen molar-refractivity contribution in [2.45, 2.75) is 488 Å². The van der Waals surface area contributed by atoms with E-state index < -0.39 is 12.1 Å². The summed E-state index contributed by atoms with van der Waals surface area (Å²) in [7, 11) is 0. The predicted octanol–water partition coefficient (Wildman–Crippen LogP) is 28.2. The molecule has 0 aliphatic heterocycles. The summed E-state index contributed by atoms with van der Waals surface area (Å²) in [5, 5.41) is 23.3. The summed E-state index contributed by atoms with van der Waals surface area (Å²) in [5.41, 5.74) is 0. The van der Waals surface area contributed by atoms with Crippen LogP contribution in [0.2, 0.25) is 0 Å². The molecule has 0 aromatic heterocycles. The number of rotatable bonds is 80. The van der Waals surface area contributed by atoms with Crippen LogP contribution >= 0.6 is 0 Å². The number of hydrogen-bond donors (Lipinski definition) is 3. The van der Waals surface area contributed by atoms with E-state index in [2.05, 4.69) is 43.5 Å². The molecule has 2 unspecified atom stereocenters. The van der Waals surface area contributed by atoms with Crippen molar-refractivity contribution in [2.24, 2.45) is 0 Å². The summed E-state index contributed by atoms with van der Waals surface area (Å²) in [6.45, 7) is 4.96. The fourth-order valence-electron chi connectivity index (χ4n) is 13.5. The van der Waals surface area contributed by atoms with Crippen LogP contribution in [0.1, 0.15) is 476 Å². The minimum Gasteiger partial charge on any atom is -0.466 e. The number of nitrogens with one attached hydrogen (secondary N) is 1. The van der Waals surface area contributed by atoms with Crippen molar-refractivity contribution in [3.05, 3.63) is 36.5 Å². The smallest absolute Gasteiger partial charge is 0.305 e. The Kier molecular flexibility index (Phi) is 79.8. The first kappa shape index (κ1) is 90.1. The highest BCUT2D eigenvalue weighted by Crippen LogP contribution is 2.20. The van der Waals surface area contributed by atoms with Crippen LogP contribution in [0.4, 0.5) is 0 Å². The molecule has 0 saturated carbocycles. The number of aliphatic hydroxyl groups is 2. The van der Waals surface area contributed by atoms with Gasteiger partial charge in [0.05, 0.1) is 25.4 Å². The normalized spacial score (nSPS) is 12.6. The van der Waals surface area contributed by atoms with Gasteiger partial charge in [-0.15, -0.1) is 0 Å². The average Bonchev–Trinajstić information content (AvgIpc) is 3.77. The molecule has 2 atom stereocenters. The van der Waals surface area contributed by atoms with Crippen molar-refractivity contribution in [3.8, 4) is 0 Å². The van der Waals surface area contributed by atoms with Gasteiger partial charge in [-0.1, -0.05) is 416 Å². The Morgan fingerprint density at radius 3 is 0.772 bits per heavy atom. The van der Waals surface area contributed by atoms with E-state index in [1.165, 1.54) is 405 Å². The summed E-state index contributed by atoms with van der Waals surface area (Å²) < 4.78 is 5.51. The van der Waals surface area contributed by atoms with Crippen molar-refractivity contribution in [2.75, 3.05) is 13.2 Å². The van der Waals surface area contributed by atoms with Crippen molar-refractivity contribution < 1.29 is 24.5 Å². The van der Waals surface area contributed by atoms with Crippen LogP contribution in [0, 0.1) is 0 Å². The molecular weight excluding hydrogens is 1130 g/mol. The van der Waals surface area contributed by atoms with Crippen LogP contribution in [0.15, 0.2) is 36.5 Å². The van der Waals surface area contributed by atoms with Crippen molar-refractivity contribution in [1.29, 1.82) is 0 Å². The van der Waals surface area contributed by atoms with E-state index in [4.69, 9.17) is 4.74 Å². The Bertz CT molecular complexity index is 1490. The van der Waals surface area contributed by atoms with Crippen LogP contribution in [0.5, 0.6) is 0 Å². The predicted molar refractivity (Wildman–Crippen MR) is 407 cm³/mol. The first-order valence-electron chi connectivity index (χ1n) is 42.3. The highest BCUT2D eigenvalue weighted by Gasteiger charge is 2.18. The fourth-order valence-corrected chi connectivity index (χ4v) is 13.5. The Balaban J connectivity index is 3.37. The van der Waals surface area contributed by atoms with Crippen LogP contribution in [0.25, 0.3) is 0 Å². The molecule has 0 aromatic rings. The van der Waals surface area contributed by atoms with Gasteiger partial charge < -0.3 is 20.3 Å². The van der Waals surface area contributed by atoms with Crippen molar-refractivity contribution in [3.63, 3.8) is 0 Å². The number of aliphatic hydroxyl groups excluding tert-OH is 2. The molecule has 0 saturated heterocycles. The van der Waals surface area contributed by atoms with E-state index in [0.29, 0.717) is 19.4 Å². The number of ether oxygens (including phenoxy) is 1. The van der Waals surface area contributed by atoms with Gasteiger partial charge >= 0.3 is 5.97 Å². The molecule has 6 nitrogen and oxygen atoms in total. The zero-order chi connectivity index (χ0) is 66.3. The number of hydrogen-bond acceptors (Lipinski definition) is 5. The SMILES string of the molecule is CCCCCCCCC/C=C\CCCCCCCCCC(=O)OCCCCCCCCCCCCCC/C=C\CCCCCCCCCCCCCCCCCCC(=O)NC(CO)C(O)/C=C/CCCCCCCCCCCCCCCCCCCCCCCCC. The van der Waals surface area contributed by atoms with E-state index in [0.717, 1.165) is 44.9 Å². The first-order valence-corrected chi connectivity index (χ1v) is 42.3. The van der Waals surface area contributed by atoms with Gasteiger partial charge in [-0.05, 0) is 83.5 Å². The molecular formula is C86H165NO5. The van der Waals surface area contributed by atoms with E-state index in [9.17, 15) is 19.8 Å². The summed E-state index contributed by atoms with van der Waals surface area (Å²) in [6.07, 6.45) is 107. The van der Waals surface area contributed by atoms with Crippen molar-refractivity contribution in [1.82, 2.24) is 5.32 Å². The van der Waals surface area contributed by atoms with Gasteiger partial charge in [-0.2, -0.15) is 0 Å². The lowest BCUT2D eigenvalue weighted by atomic mass is 10.0. The molecule has 0 aliphatic carbocycles. The highest BCUT2D eigenvalue weighted by atomic mass is 16.5. The van der Waals surface area contributed by atoms with Gasteiger partial charge in [0.2, 0.25) is 5.91 Å². The third-order valence-electron chi connectivity index (χ3n) is 19.9. The van der Waals surface area contributed by atoms with Gasteiger partial charge in [0, 0.05) is 12.8 Å². The number of allylic oxidation sites excluding steroid dienone is 5. The van der Waals surface area contributed by atoms with Gasteiger partial charge in [0.15, 0.2) is 0 Å². The average molecular weight is 1290 g/mol. The number of carbonyl (C=O) groups is 2. The monoisotopic (exact) mass is 1290 g/mol. The second-order valence-corrected chi connectivity index (χ2v) is 29.2. The minimum absolute atomic E-state index is 0.0160. The minimum atomic E-state index is -0.845. The molecule has 0 bridgehead atoms. The Morgan fingerprint density at radius 1 is 0.293 bits per heavy atom. The van der Waals surface area contributed by atoms with Crippen LogP contribution in [-0.4, -0.2) is 47.4 Å². The molecule has 0 fully saturated rings. The zero-order valence-electron chi connectivity index (χ0n) is 62.6. The molecule has 0 aromatic carbocycles. The topological polar surface area (TPSA) is 95.9 Å². The molecule has 0 aliphatic rings. The number of carbonyl (C=O) groups excluding carboxylic acids is 2. The molecule has 0 spiro atoms. The molecule has 1 amide bonds. The van der Waals surface area contributed by atoms with Gasteiger partial charge in [0.1, 0.15) is 0 Å². The van der Waals surface area contributed by atoms with E-state index in [1.54, 1.807) is 6.08 Å². The Morgan fingerprint density at radius 2 is 0.511 bits per heavy atom. The Labute approximate surface area is 576 Å². The number of unbranched alkanes of at least 4 members (excludes halogenated alkanes) is 65. The lowest BCUT2D eigenvalue weighted by Gasteiger charge is -2.20. The maximum Gasteiger partial charge on any atom is 0.305 e. The van der Waals surface area contributed by atoms with Crippen LogP contribution in [-0.2, 0) is 14.3 Å². The largest absolute Gasteiger partial charge is 0.466 e. The fraction of sp³-hybridized carbons (Fsp3) is 0.907. The third kappa shape index (κ3) is 77.1. The maximum absolute atomic E-state index is 12.6. The number of esters is 1. The standard InChI is InChI=1S/C86H165NO5/c1-3-5-7-9-11-13-15-17-19-21-23-24-25-34-37-40-43-46-50-54-58-62-66-70-74-78-84(89)83(82-88)87-85(90)79-75-71-67-63-59-55-51-47-44-41-38-35-32-30-28-26-27-29-31-33-36-39-42-45-49-53-57-61-65-69-73-77-81-92-86(91)80-76-72-68-64-60-56-52-48-22-20-18-16-14-12-10-8-6-4-2/h20,22,29,31,74,78,83-84,88-89H,3-19,21,23-28,30,32-73,75-77,79-82H2,1-2H3,(H,87,90)/b22-20-,31-29-,78-74+. The highest BCUT2D eigenvalue weighted by molar-refractivity contribution is 5.76. The molecule has 0 radical (unpaired) electrons.